The Morgan fingerprint density at radius 1 is 1.38 bits per heavy atom. The summed E-state index contributed by atoms with van der Waals surface area (Å²) in [6.07, 6.45) is 1.57. The highest BCUT2D eigenvalue weighted by molar-refractivity contribution is 6.32. The molecule has 1 unspecified atom stereocenters. The first kappa shape index (κ1) is 20.5. The lowest BCUT2D eigenvalue weighted by Crippen LogP contribution is -2.24. The van der Waals surface area contributed by atoms with Crippen LogP contribution in [0.15, 0.2) is 16.7 Å². The Balaban J connectivity index is 0.00000288. The summed E-state index contributed by atoms with van der Waals surface area (Å²) in [5, 5.41) is 7.59. The number of nitrogens with zero attached hydrogens (tertiary/aromatic N) is 2. The first-order valence-electron chi connectivity index (χ1n) is 7.59. The van der Waals surface area contributed by atoms with Gasteiger partial charge >= 0.3 is 0 Å². The number of benzene rings is 1. The topological polar surface area (TPSA) is 69.4 Å². The van der Waals surface area contributed by atoms with Crippen LogP contribution < -0.4 is 14.8 Å². The van der Waals surface area contributed by atoms with Gasteiger partial charge in [0.05, 0.1) is 18.7 Å². The standard InChI is InChI=1S/C16H22ClN3O3.ClH/c1-5-6-22-15-12(17)8-11(9-13(15)21-4)16-19-14(20-23-16)7-10(2)18-3;/h8-10,18H,5-7H2,1-4H3;1H. The van der Waals surface area contributed by atoms with E-state index in [-0.39, 0.29) is 18.4 Å². The van der Waals surface area contributed by atoms with Gasteiger partial charge in [-0.25, -0.2) is 0 Å². The van der Waals surface area contributed by atoms with E-state index in [1.54, 1.807) is 19.2 Å². The zero-order valence-corrected chi connectivity index (χ0v) is 15.8. The lowest BCUT2D eigenvalue weighted by molar-refractivity contribution is 0.294. The van der Waals surface area contributed by atoms with Gasteiger partial charge in [0.2, 0.25) is 0 Å². The van der Waals surface area contributed by atoms with Gasteiger partial charge in [-0.05, 0) is 32.5 Å². The van der Waals surface area contributed by atoms with Gasteiger partial charge < -0.3 is 19.3 Å². The van der Waals surface area contributed by atoms with Gasteiger partial charge in [-0.2, -0.15) is 4.98 Å². The van der Waals surface area contributed by atoms with Crippen molar-refractivity contribution in [3.05, 3.63) is 23.0 Å². The molecule has 2 aromatic rings. The van der Waals surface area contributed by atoms with Crippen molar-refractivity contribution in [2.24, 2.45) is 0 Å². The number of halogens is 2. The first-order valence-corrected chi connectivity index (χ1v) is 7.97. The molecular formula is C16H23Cl2N3O3. The summed E-state index contributed by atoms with van der Waals surface area (Å²) in [5.41, 5.74) is 0.701. The monoisotopic (exact) mass is 375 g/mol. The van der Waals surface area contributed by atoms with Gasteiger partial charge in [0, 0.05) is 18.0 Å². The van der Waals surface area contributed by atoms with E-state index in [1.807, 2.05) is 14.0 Å². The highest BCUT2D eigenvalue weighted by atomic mass is 35.5. The van der Waals surface area contributed by atoms with Crippen LogP contribution in [-0.4, -0.2) is 36.9 Å². The van der Waals surface area contributed by atoms with Crippen molar-refractivity contribution in [2.45, 2.75) is 32.7 Å². The summed E-state index contributed by atoms with van der Waals surface area (Å²) in [6, 6.07) is 3.80. The molecule has 1 aromatic heterocycles. The number of hydrogen-bond donors (Lipinski definition) is 1. The molecule has 0 aliphatic carbocycles. The molecule has 1 heterocycles. The number of hydrogen-bond acceptors (Lipinski definition) is 6. The highest BCUT2D eigenvalue weighted by Gasteiger charge is 2.17. The smallest absolute Gasteiger partial charge is 0.258 e. The fourth-order valence-corrected chi connectivity index (χ4v) is 2.28. The second-order valence-electron chi connectivity index (χ2n) is 5.25. The van der Waals surface area contributed by atoms with Gasteiger partial charge in [0.15, 0.2) is 17.3 Å². The van der Waals surface area contributed by atoms with Crippen molar-refractivity contribution in [2.75, 3.05) is 20.8 Å². The van der Waals surface area contributed by atoms with Crippen LogP contribution >= 0.6 is 24.0 Å². The quantitative estimate of drug-likeness (QED) is 0.757. The van der Waals surface area contributed by atoms with Crippen LogP contribution in [0.25, 0.3) is 11.5 Å². The van der Waals surface area contributed by atoms with Crippen LogP contribution in [0.4, 0.5) is 0 Å². The van der Waals surface area contributed by atoms with Gasteiger partial charge in [-0.1, -0.05) is 23.7 Å². The predicted octanol–water partition coefficient (Wildman–Crippen LogP) is 3.76. The zero-order chi connectivity index (χ0) is 16.8. The van der Waals surface area contributed by atoms with Crippen molar-refractivity contribution in [3.8, 4) is 23.0 Å². The second kappa shape index (κ2) is 9.71. The Hall–Kier alpha value is -1.50. The summed E-state index contributed by atoms with van der Waals surface area (Å²) in [7, 11) is 3.47. The van der Waals surface area contributed by atoms with E-state index in [0.29, 0.717) is 46.8 Å². The van der Waals surface area contributed by atoms with Crippen LogP contribution in [0.2, 0.25) is 5.02 Å². The third-order valence-corrected chi connectivity index (χ3v) is 3.66. The normalized spacial score (nSPS) is 11.7. The van der Waals surface area contributed by atoms with E-state index in [4.69, 9.17) is 25.6 Å². The maximum absolute atomic E-state index is 6.31. The Labute approximate surface area is 153 Å². The average Bonchev–Trinajstić information content (AvgIpc) is 3.01. The molecule has 24 heavy (non-hydrogen) atoms. The summed E-state index contributed by atoms with van der Waals surface area (Å²) >= 11 is 6.31. The van der Waals surface area contributed by atoms with E-state index >= 15 is 0 Å². The van der Waals surface area contributed by atoms with Gasteiger partial charge in [0.25, 0.3) is 5.89 Å². The van der Waals surface area contributed by atoms with E-state index in [2.05, 4.69) is 22.4 Å². The zero-order valence-electron chi connectivity index (χ0n) is 14.3. The first-order chi connectivity index (χ1) is 11.1. The molecule has 0 saturated carbocycles. The lowest BCUT2D eigenvalue weighted by atomic mass is 10.2. The van der Waals surface area contributed by atoms with E-state index in [0.717, 1.165) is 6.42 Å². The average molecular weight is 376 g/mol. The molecule has 0 bridgehead atoms. The van der Waals surface area contributed by atoms with Gasteiger partial charge in [0.1, 0.15) is 0 Å². The minimum atomic E-state index is 0. The van der Waals surface area contributed by atoms with Crippen molar-refractivity contribution >= 4 is 24.0 Å². The molecule has 1 N–H and O–H groups in total. The summed E-state index contributed by atoms with van der Waals surface area (Å²) < 4.78 is 16.3. The number of methoxy groups -OCH3 is 1. The molecule has 2 rings (SSSR count). The summed E-state index contributed by atoms with van der Waals surface area (Å²) in [6.45, 7) is 4.65. The number of aromatic nitrogens is 2. The summed E-state index contributed by atoms with van der Waals surface area (Å²) in [4.78, 5) is 4.40. The van der Waals surface area contributed by atoms with Crippen LogP contribution in [0.1, 0.15) is 26.1 Å². The summed E-state index contributed by atoms with van der Waals surface area (Å²) in [5.74, 6) is 2.13. The van der Waals surface area contributed by atoms with E-state index < -0.39 is 0 Å². The van der Waals surface area contributed by atoms with Crippen molar-refractivity contribution < 1.29 is 14.0 Å². The van der Waals surface area contributed by atoms with Crippen molar-refractivity contribution in [3.63, 3.8) is 0 Å². The Kier molecular flexibility index (Phi) is 8.31. The second-order valence-corrected chi connectivity index (χ2v) is 5.65. The highest BCUT2D eigenvalue weighted by Crippen LogP contribution is 2.39. The number of rotatable bonds is 8. The Bertz CT molecular complexity index is 649. The minimum absolute atomic E-state index is 0. The fraction of sp³-hybridized carbons (Fsp3) is 0.500. The molecule has 0 saturated heterocycles. The molecule has 0 radical (unpaired) electrons. The molecule has 0 spiro atoms. The molecule has 6 nitrogen and oxygen atoms in total. The third-order valence-electron chi connectivity index (χ3n) is 3.38. The molecule has 134 valence electrons. The number of likely N-dealkylation sites (N-methyl/N-ethyl adjacent to an activating group) is 1. The van der Waals surface area contributed by atoms with Crippen LogP contribution in [0, 0.1) is 0 Å². The van der Waals surface area contributed by atoms with Gasteiger partial charge in [-0.15, -0.1) is 12.4 Å². The minimum Gasteiger partial charge on any atom is -0.493 e. The Morgan fingerprint density at radius 2 is 2.12 bits per heavy atom. The van der Waals surface area contributed by atoms with E-state index in [1.165, 1.54) is 0 Å². The van der Waals surface area contributed by atoms with Crippen LogP contribution in [0.3, 0.4) is 0 Å². The molecule has 0 aliphatic heterocycles. The maximum atomic E-state index is 6.31. The van der Waals surface area contributed by atoms with E-state index in [9.17, 15) is 0 Å². The lowest BCUT2D eigenvalue weighted by Gasteiger charge is -2.12. The van der Waals surface area contributed by atoms with Crippen molar-refractivity contribution in [1.29, 1.82) is 0 Å². The van der Waals surface area contributed by atoms with Gasteiger partial charge in [-0.3, -0.25) is 0 Å². The molecule has 8 heteroatoms. The molecular weight excluding hydrogens is 353 g/mol. The SMILES string of the molecule is CCCOc1c(Cl)cc(-c2nc(CC(C)NC)no2)cc1OC.Cl. The third kappa shape index (κ3) is 5.00. The van der Waals surface area contributed by atoms with Crippen LogP contribution in [-0.2, 0) is 6.42 Å². The Morgan fingerprint density at radius 3 is 2.75 bits per heavy atom. The molecule has 1 atom stereocenters. The largest absolute Gasteiger partial charge is 0.493 e. The molecule has 0 fully saturated rings. The molecule has 0 aliphatic rings. The van der Waals surface area contributed by atoms with Crippen LogP contribution in [0.5, 0.6) is 11.5 Å². The predicted molar refractivity (Wildman–Crippen MR) is 96.6 cm³/mol. The molecule has 0 amide bonds. The molecule has 1 aromatic carbocycles. The number of ether oxygens (including phenoxy) is 2. The maximum Gasteiger partial charge on any atom is 0.258 e. The fourth-order valence-electron chi connectivity index (χ4n) is 2.02. The van der Waals surface area contributed by atoms with Crippen molar-refractivity contribution in [1.82, 2.24) is 15.5 Å². The number of nitrogens with one attached hydrogen (secondary N) is 1.